The number of hydrogen-bond acceptors (Lipinski definition) is 5. The van der Waals surface area contributed by atoms with Crippen molar-refractivity contribution in [1.82, 2.24) is 19.5 Å². The minimum Gasteiger partial charge on any atom is -0.496 e. The molecule has 1 N–H and O–H groups in total. The van der Waals surface area contributed by atoms with Crippen LogP contribution in [0.4, 0.5) is 5.82 Å². The zero-order valence-electron chi connectivity index (χ0n) is 17.0. The molecule has 3 aromatic heterocycles. The van der Waals surface area contributed by atoms with Crippen LogP contribution in [-0.4, -0.2) is 33.2 Å². The van der Waals surface area contributed by atoms with Crippen LogP contribution >= 0.6 is 0 Å². The van der Waals surface area contributed by atoms with Crippen LogP contribution in [-0.2, 0) is 7.05 Å². The summed E-state index contributed by atoms with van der Waals surface area (Å²) >= 11 is 0. The van der Waals surface area contributed by atoms with Crippen LogP contribution in [0, 0.1) is 0 Å². The smallest absolute Gasteiger partial charge is 0.139 e. The van der Waals surface area contributed by atoms with E-state index < -0.39 is 0 Å². The molecule has 0 fully saturated rings. The first-order chi connectivity index (χ1) is 14.2. The van der Waals surface area contributed by atoms with Crippen LogP contribution in [0.1, 0.15) is 24.8 Å². The molecule has 4 aromatic rings. The minimum absolute atomic E-state index is 0.379. The van der Waals surface area contributed by atoms with Gasteiger partial charge in [0.1, 0.15) is 23.5 Å². The third-order valence-electron chi connectivity index (χ3n) is 5.22. The first-order valence-electron chi connectivity index (χ1n) is 9.76. The molecule has 0 aliphatic carbocycles. The fraction of sp³-hybridized carbons (Fsp3) is 0.261. The second-order valence-electron chi connectivity index (χ2n) is 7.21. The van der Waals surface area contributed by atoms with E-state index in [1.165, 1.54) is 5.56 Å². The van der Waals surface area contributed by atoms with Crippen LogP contribution in [0.3, 0.4) is 0 Å². The maximum atomic E-state index is 5.48. The standard InChI is InChI=1S/C23H25N5O/c1-16(19-6-4-5-7-21(19)29-3)8-10-24-22-13-20(26-15-27-22)18-12-17-9-11-28(2)23(17)25-14-18/h4-7,9,11-16H,8,10H2,1-3H3,(H,24,26,27). The van der Waals surface area contributed by atoms with E-state index in [-0.39, 0.29) is 0 Å². The van der Waals surface area contributed by atoms with E-state index in [0.29, 0.717) is 5.92 Å². The summed E-state index contributed by atoms with van der Waals surface area (Å²) in [6.45, 7) is 3.03. The number of fused-ring (bicyclic) bond motifs is 1. The van der Waals surface area contributed by atoms with E-state index in [4.69, 9.17) is 4.74 Å². The lowest BCUT2D eigenvalue weighted by molar-refractivity contribution is 0.405. The van der Waals surface area contributed by atoms with Crippen molar-refractivity contribution in [1.29, 1.82) is 0 Å². The van der Waals surface area contributed by atoms with Gasteiger partial charge in [-0.3, -0.25) is 0 Å². The maximum absolute atomic E-state index is 5.48. The monoisotopic (exact) mass is 387 g/mol. The first-order valence-corrected chi connectivity index (χ1v) is 9.76. The molecule has 6 heteroatoms. The number of para-hydroxylation sites is 1. The fourth-order valence-electron chi connectivity index (χ4n) is 3.55. The molecular formula is C23H25N5O. The SMILES string of the molecule is COc1ccccc1C(C)CCNc1cc(-c2cnc3c(ccn3C)c2)ncn1. The quantitative estimate of drug-likeness (QED) is 0.500. The predicted octanol–water partition coefficient (Wildman–Crippen LogP) is 4.64. The molecule has 0 bridgehead atoms. The molecule has 0 saturated heterocycles. The van der Waals surface area contributed by atoms with E-state index in [0.717, 1.165) is 46.8 Å². The second-order valence-corrected chi connectivity index (χ2v) is 7.21. The van der Waals surface area contributed by atoms with Crippen molar-refractivity contribution < 1.29 is 4.74 Å². The molecule has 1 aromatic carbocycles. The highest BCUT2D eigenvalue weighted by Gasteiger charge is 2.11. The maximum Gasteiger partial charge on any atom is 0.139 e. The fourth-order valence-corrected chi connectivity index (χ4v) is 3.55. The zero-order chi connectivity index (χ0) is 20.2. The number of methoxy groups -OCH3 is 1. The lowest BCUT2D eigenvalue weighted by Crippen LogP contribution is -2.08. The van der Waals surface area contributed by atoms with Gasteiger partial charge < -0.3 is 14.6 Å². The number of pyridine rings is 1. The van der Waals surface area contributed by atoms with Gasteiger partial charge in [-0.15, -0.1) is 0 Å². The van der Waals surface area contributed by atoms with Gasteiger partial charge >= 0.3 is 0 Å². The molecule has 0 saturated carbocycles. The van der Waals surface area contributed by atoms with Crippen LogP contribution in [0.15, 0.2) is 61.2 Å². The third kappa shape index (κ3) is 4.06. The number of anilines is 1. The molecule has 3 heterocycles. The number of nitrogens with zero attached hydrogens (tertiary/aromatic N) is 4. The molecule has 148 valence electrons. The lowest BCUT2D eigenvalue weighted by Gasteiger charge is -2.16. The molecule has 6 nitrogen and oxygen atoms in total. The van der Waals surface area contributed by atoms with Gasteiger partial charge in [-0.2, -0.15) is 0 Å². The minimum atomic E-state index is 0.379. The Labute approximate surface area is 170 Å². The molecule has 0 aliphatic rings. The summed E-state index contributed by atoms with van der Waals surface area (Å²) in [6.07, 6.45) is 6.43. The number of nitrogens with one attached hydrogen (secondary N) is 1. The van der Waals surface area contributed by atoms with Crippen LogP contribution in [0.25, 0.3) is 22.3 Å². The van der Waals surface area contributed by atoms with Crippen molar-refractivity contribution in [3.63, 3.8) is 0 Å². The first kappa shape index (κ1) is 18.9. The van der Waals surface area contributed by atoms with E-state index in [9.17, 15) is 0 Å². The summed E-state index contributed by atoms with van der Waals surface area (Å²) in [7, 11) is 3.71. The highest BCUT2D eigenvalue weighted by Crippen LogP contribution is 2.28. The van der Waals surface area contributed by atoms with Crippen molar-refractivity contribution in [2.45, 2.75) is 19.3 Å². The number of aromatic nitrogens is 4. The van der Waals surface area contributed by atoms with Gasteiger partial charge in [-0.1, -0.05) is 25.1 Å². The molecule has 0 spiro atoms. The van der Waals surface area contributed by atoms with Gasteiger partial charge in [0.2, 0.25) is 0 Å². The molecule has 1 unspecified atom stereocenters. The summed E-state index contributed by atoms with van der Waals surface area (Å²) in [5, 5.41) is 4.52. The summed E-state index contributed by atoms with van der Waals surface area (Å²) in [5.74, 6) is 2.13. The van der Waals surface area contributed by atoms with E-state index in [2.05, 4.69) is 51.5 Å². The van der Waals surface area contributed by atoms with Crippen LogP contribution < -0.4 is 10.1 Å². The Kier molecular flexibility index (Phi) is 5.42. The summed E-state index contributed by atoms with van der Waals surface area (Å²) in [6, 6.07) is 14.3. The van der Waals surface area contributed by atoms with Gasteiger partial charge in [-0.25, -0.2) is 15.0 Å². The van der Waals surface area contributed by atoms with Gasteiger partial charge in [0, 0.05) is 43.0 Å². The van der Waals surface area contributed by atoms with Crippen molar-refractivity contribution in [2.24, 2.45) is 7.05 Å². The topological polar surface area (TPSA) is 64.9 Å². The average Bonchev–Trinajstić information content (AvgIpc) is 3.14. The molecule has 1 atom stereocenters. The Morgan fingerprint density at radius 1 is 1.10 bits per heavy atom. The molecule has 29 heavy (non-hydrogen) atoms. The van der Waals surface area contributed by atoms with E-state index >= 15 is 0 Å². The number of rotatable bonds is 7. The molecule has 4 rings (SSSR count). The van der Waals surface area contributed by atoms with Gasteiger partial charge in [0.25, 0.3) is 0 Å². The Bertz CT molecular complexity index is 1120. The lowest BCUT2D eigenvalue weighted by atomic mass is 9.97. The predicted molar refractivity (Wildman–Crippen MR) is 116 cm³/mol. The molecular weight excluding hydrogens is 362 g/mol. The average molecular weight is 387 g/mol. The van der Waals surface area contributed by atoms with E-state index in [1.54, 1.807) is 13.4 Å². The van der Waals surface area contributed by atoms with Gasteiger partial charge in [0.15, 0.2) is 0 Å². The summed E-state index contributed by atoms with van der Waals surface area (Å²) < 4.78 is 7.49. The Morgan fingerprint density at radius 2 is 1.97 bits per heavy atom. The zero-order valence-corrected chi connectivity index (χ0v) is 17.0. The number of benzene rings is 1. The normalized spacial score (nSPS) is 12.1. The molecule has 0 radical (unpaired) electrons. The molecule has 0 aliphatic heterocycles. The van der Waals surface area contributed by atoms with Crippen molar-refractivity contribution >= 4 is 16.9 Å². The van der Waals surface area contributed by atoms with Gasteiger partial charge in [-0.05, 0) is 36.1 Å². The highest BCUT2D eigenvalue weighted by molar-refractivity contribution is 5.81. The van der Waals surface area contributed by atoms with E-state index in [1.807, 2.05) is 42.2 Å². The second kappa shape index (κ2) is 8.31. The van der Waals surface area contributed by atoms with Crippen LogP contribution in [0.5, 0.6) is 5.75 Å². The highest BCUT2D eigenvalue weighted by atomic mass is 16.5. The Morgan fingerprint density at radius 3 is 2.83 bits per heavy atom. The van der Waals surface area contributed by atoms with Crippen molar-refractivity contribution in [2.75, 3.05) is 19.0 Å². The van der Waals surface area contributed by atoms with Crippen molar-refractivity contribution in [3.05, 3.63) is 66.7 Å². The Balaban J connectivity index is 1.43. The largest absolute Gasteiger partial charge is 0.496 e. The summed E-state index contributed by atoms with van der Waals surface area (Å²) in [5.41, 5.74) is 4.03. The van der Waals surface area contributed by atoms with Crippen LogP contribution in [0.2, 0.25) is 0 Å². The summed E-state index contributed by atoms with van der Waals surface area (Å²) in [4.78, 5) is 13.3. The van der Waals surface area contributed by atoms with Gasteiger partial charge in [0.05, 0.1) is 12.8 Å². The Hall–Kier alpha value is -3.41. The molecule has 0 amide bonds. The van der Waals surface area contributed by atoms with Crippen molar-refractivity contribution in [3.8, 4) is 17.0 Å². The number of hydrogen-bond donors (Lipinski definition) is 1. The number of aryl methyl sites for hydroxylation is 1. The third-order valence-corrected chi connectivity index (χ3v) is 5.22. The number of ether oxygens (including phenoxy) is 1.